The predicted molar refractivity (Wildman–Crippen MR) is 90.3 cm³/mol. The van der Waals surface area contributed by atoms with E-state index in [-0.39, 0.29) is 11.7 Å². The first-order valence-corrected chi connectivity index (χ1v) is 8.62. The lowest BCUT2D eigenvalue weighted by Crippen LogP contribution is -2.12. The Morgan fingerprint density at radius 2 is 2.00 bits per heavy atom. The molecule has 0 saturated heterocycles. The lowest BCUT2D eigenvalue weighted by molar-refractivity contribution is 0.101. The van der Waals surface area contributed by atoms with Crippen LogP contribution < -0.4 is 5.32 Å². The fourth-order valence-corrected chi connectivity index (χ4v) is 3.96. The van der Waals surface area contributed by atoms with Gasteiger partial charge in [0.15, 0.2) is 5.78 Å². The predicted octanol–water partition coefficient (Wildman–Crippen LogP) is 3.96. The van der Waals surface area contributed by atoms with Crippen molar-refractivity contribution in [2.24, 2.45) is 0 Å². The van der Waals surface area contributed by atoms with E-state index in [4.69, 9.17) is 0 Å². The van der Waals surface area contributed by atoms with Crippen molar-refractivity contribution in [2.75, 3.05) is 5.32 Å². The third kappa shape index (κ3) is 3.47. The monoisotopic (exact) mass is 329 g/mol. The third-order valence-corrected chi connectivity index (χ3v) is 5.45. The minimum atomic E-state index is -0.188. The van der Waals surface area contributed by atoms with E-state index >= 15 is 0 Å². The summed E-state index contributed by atoms with van der Waals surface area (Å²) in [6, 6.07) is 3.30. The quantitative estimate of drug-likeness (QED) is 0.862. The Morgan fingerprint density at radius 1 is 1.26 bits per heavy atom. The number of hydrogen-bond donors (Lipinski definition) is 1. The molecule has 1 aliphatic rings. The van der Waals surface area contributed by atoms with Crippen molar-refractivity contribution in [1.82, 2.24) is 9.97 Å². The number of pyridine rings is 1. The zero-order valence-corrected chi connectivity index (χ0v) is 14.1. The molecule has 0 unspecified atom stereocenters. The maximum absolute atomic E-state index is 12.4. The van der Waals surface area contributed by atoms with Crippen LogP contribution >= 0.6 is 11.3 Å². The van der Waals surface area contributed by atoms with Crippen LogP contribution in [0.15, 0.2) is 18.3 Å². The maximum atomic E-state index is 12.4. The number of rotatable bonds is 4. The highest BCUT2D eigenvalue weighted by atomic mass is 32.1. The normalized spacial score (nSPS) is 14.9. The largest absolute Gasteiger partial charge is 0.306 e. The summed E-state index contributed by atoms with van der Waals surface area (Å²) in [4.78, 5) is 33.0. The summed E-state index contributed by atoms with van der Waals surface area (Å²) >= 11 is 1.49. The zero-order valence-electron chi connectivity index (χ0n) is 13.3. The molecule has 1 fully saturated rings. The van der Waals surface area contributed by atoms with Gasteiger partial charge in [0.2, 0.25) is 0 Å². The molecule has 1 saturated carbocycles. The molecule has 3 rings (SSSR count). The summed E-state index contributed by atoms with van der Waals surface area (Å²) in [5.41, 5.74) is 1.30. The van der Waals surface area contributed by atoms with Gasteiger partial charge in [0.1, 0.15) is 10.7 Å². The van der Waals surface area contributed by atoms with Gasteiger partial charge in [-0.15, -0.1) is 11.3 Å². The van der Waals surface area contributed by atoms with Crippen LogP contribution in [0.2, 0.25) is 0 Å². The van der Waals surface area contributed by atoms with Gasteiger partial charge >= 0.3 is 0 Å². The summed E-state index contributed by atoms with van der Waals surface area (Å²) in [5, 5.41) is 3.85. The number of carbonyl (C=O) groups is 2. The first kappa shape index (κ1) is 15.8. The van der Waals surface area contributed by atoms with Crippen LogP contribution in [-0.4, -0.2) is 21.7 Å². The highest BCUT2D eigenvalue weighted by molar-refractivity contribution is 7.14. The zero-order chi connectivity index (χ0) is 16.4. The second kappa shape index (κ2) is 6.58. The van der Waals surface area contributed by atoms with Crippen molar-refractivity contribution in [3.05, 3.63) is 39.5 Å². The lowest BCUT2D eigenvalue weighted by atomic mass is 10.1. The molecule has 0 spiro atoms. The average Bonchev–Trinajstić information content (AvgIpc) is 3.16. The molecule has 1 N–H and O–H groups in total. The van der Waals surface area contributed by atoms with Crippen molar-refractivity contribution in [1.29, 1.82) is 0 Å². The SMILES string of the molecule is CC(=O)c1ccc(NC(=O)c2sc(C3CCCC3)nc2C)nc1. The van der Waals surface area contributed by atoms with E-state index in [1.54, 1.807) is 12.1 Å². The van der Waals surface area contributed by atoms with Crippen molar-refractivity contribution in [2.45, 2.75) is 45.4 Å². The van der Waals surface area contributed by atoms with Crippen LogP contribution in [0.4, 0.5) is 5.82 Å². The van der Waals surface area contributed by atoms with Crippen molar-refractivity contribution >= 4 is 28.8 Å². The number of aryl methyl sites for hydroxylation is 1. The summed E-state index contributed by atoms with van der Waals surface area (Å²) < 4.78 is 0. The van der Waals surface area contributed by atoms with Gasteiger partial charge in [-0.1, -0.05) is 12.8 Å². The highest BCUT2D eigenvalue weighted by Gasteiger charge is 2.23. The molecule has 0 aromatic carbocycles. The molecule has 5 nitrogen and oxygen atoms in total. The van der Waals surface area contributed by atoms with Gasteiger partial charge in [-0.2, -0.15) is 0 Å². The summed E-state index contributed by atoms with van der Waals surface area (Å²) in [6.07, 6.45) is 6.31. The van der Waals surface area contributed by atoms with Crippen LogP contribution in [0.5, 0.6) is 0 Å². The summed E-state index contributed by atoms with van der Waals surface area (Å²) in [6.45, 7) is 3.36. The Bertz CT molecular complexity index is 731. The Morgan fingerprint density at radius 3 is 2.61 bits per heavy atom. The molecule has 2 heterocycles. The molecule has 120 valence electrons. The molecule has 0 bridgehead atoms. The van der Waals surface area contributed by atoms with Gasteiger partial charge < -0.3 is 5.32 Å². The summed E-state index contributed by atoms with van der Waals surface area (Å²) in [5.74, 6) is 0.714. The minimum absolute atomic E-state index is 0.0464. The molecule has 1 aliphatic carbocycles. The van der Waals surface area contributed by atoms with Crippen LogP contribution in [0.25, 0.3) is 0 Å². The van der Waals surface area contributed by atoms with E-state index in [0.29, 0.717) is 22.2 Å². The minimum Gasteiger partial charge on any atom is -0.306 e. The van der Waals surface area contributed by atoms with Gasteiger partial charge in [-0.3, -0.25) is 9.59 Å². The number of ketones is 1. The Hall–Kier alpha value is -2.08. The second-order valence-corrected chi connectivity index (χ2v) is 6.92. The highest BCUT2D eigenvalue weighted by Crippen LogP contribution is 2.37. The third-order valence-electron chi connectivity index (χ3n) is 4.14. The van der Waals surface area contributed by atoms with E-state index in [0.717, 1.165) is 10.7 Å². The molecular formula is C17H19N3O2S. The van der Waals surface area contributed by atoms with Crippen molar-refractivity contribution in [3.8, 4) is 0 Å². The molecule has 2 aromatic heterocycles. The number of carbonyl (C=O) groups excluding carboxylic acids is 2. The fourth-order valence-electron chi connectivity index (χ4n) is 2.82. The van der Waals surface area contributed by atoms with E-state index < -0.39 is 0 Å². The average molecular weight is 329 g/mol. The molecule has 1 amide bonds. The van der Waals surface area contributed by atoms with Gasteiger partial charge in [0.25, 0.3) is 5.91 Å². The van der Waals surface area contributed by atoms with Gasteiger partial charge in [-0.25, -0.2) is 9.97 Å². The molecular weight excluding hydrogens is 310 g/mol. The molecule has 23 heavy (non-hydrogen) atoms. The van der Waals surface area contributed by atoms with E-state index in [9.17, 15) is 9.59 Å². The molecule has 0 atom stereocenters. The smallest absolute Gasteiger partial charge is 0.268 e. The second-order valence-electron chi connectivity index (χ2n) is 5.89. The first-order valence-electron chi connectivity index (χ1n) is 7.80. The number of amides is 1. The first-order chi connectivity index (χ1) is 11.0. The Kier molecular flexibility index (Phi) is 4.52. The lowest BCUT2D eigenvalue weighted by Gasteiger charge is -2.04. The van der Waals surface area contributed by atoms with Gasteiger partial charge in [-0.05, 0) is 38.8 Å². The molecule has 0 radical (unpaired) electrons. The number of nitrogens with zero attached hydrogens (tertiary/aromatic N) is 2. The van der Waals surface area contributed by atoms with Gasteiger partial charge in [0, 0.05) is 17.7 Å². The van der Waals surface area contributed by atoms with Gasteiger partial charge in [0.05, 0.1) is 10.7 Å². The van der Waals surface area contributed by atoms with E-state index in [1.807, 2.05) is 6.92 Å². The number of nitrogens with one attached hydrogen (secondary N) is 1. The number of hydrogen-bond acceptors (Lipinski definition) is 5. The standard InChI is InChI=1S/C17H19N3O2S/c1-10-15(23-17(19-10)12-5-3-4-6-12)16(22)20-14-8-7-13(9-18-14)11(2)21/h7-9,12H,3-6H2,1-2H3,(H,18,20,22). The number of Topliss-reactive ketones (excluding diaryl/α,β-unsaturated/α-hetero) is 1. The van der Waals surface area contributed by atoms with Crippen LogP contribution in [-0.2, 0) is 0 Å². The van der Waals surface area contributed by atoms with Crippen molar-refractivity contribution < 1.29 is 9.59 Å². The Labute approximate surface area is 139 Å². The van der Waals surface area contributed by atoms with E-state index in [1.165, 1.54) is 50.1 Å². The number of aromatic nitrogens is 2. The molecule has 0 aliphatic heterocycles. The maximum Gasteiger partial charge on any atom is 0.268 e. The number of anilines is 1. The van der Waals surface area contributed by atoms with Crippen LogP contribution in [0.3, 0.4) is 0 Å². The molecule has 2 aromatic rings. The van der Waals surface area contributed by atoms with Crippen LogP contribution in [0.1, 0.15) is 69.3 Å². The fraction of sp³-hybridized carbons (Fsp3) is 0.412. The molecule has 6 heteroatoms. The topological polar surface area (TPSA) is 72.0 Å². The van der Waals surface area contributed by atoms with Crippen molar-refractivity contribution in [3.63, 3.8) is 0 Å². The number of thiazole rings is 1. The Balaban J connectivity index is 1.73. The van der Waals surface area contributed by atoms with Crippen LogP contribution in [0, 0.1) is 6.92 Å². The van der Waals surface area contributed by atoms with E-state index in [2.05, 4.69) is 15.3 Å². The summed E-state index contributed by atoms with van der Waals surface area (Å²) in [7, 11) is 0.